The Balaban J connectivity index is 0.00000114. The number of hydrogen-bond acceptors (Lipinski definition) is 7. The number of anilines is 1. The van der Waals surface area contributed by atoms with E-state index in [1.54, 1.807) is 6.07 Å². The molecule has 0 radical (unpaired) electrons. The molecule has 9 heteroatoms. The Morgan fingerprint density at radius 1 is 1.38 bits per heavy atom. The van der Waals surface area contributed by atoms with Gasteiger partial charge in [-0.2, -0.15) is 5.26 Å². The molecule has 0 saturated carbocycles. The monoisotopic (exact) mass is 432 g/mol. The summed E-state index contributed by atoms with van der Waals surface area (Å²) in [4.78, 5) is 23.9. The zero-order chi connectivity index (χ0) is 23.7. The number of aryl methyl sites for hydroxylation is 2. The van der Waals surface area contributed by atoms with E-state index >= 15 is 0 Å². The van der Waals surface area contributed by atoms with E-state index in [4.69, 9.17) is 22.3 Å². The molecule has 0 aliphatic rings. The summed E-state index contributed by atoms with van der Waals surface area (Å²) in [6.45, 7) is 11.2. The van der Waals surface area contributed by atoms with Gasteiger partial charge in [-0.3, -0.25) is 4.79 Å². The van der Waals surface area contributed by atoms with Gasteiger partial charge in [0.15, 0.2) is 0 Å². The lowest BCUT2D eigenvalue weighted by Crippen LogP contribution is -2.06. The number of nitrogen functional groups attached to an aromatic ring is 1. The summed E-state index contributed by atoms with van der Waals surface area (Å²) in [5, 5.41) is 17.3. The van der Waals surface area contributed by atoms with Crippen molar-refractivity contribution in [3.63, 3.8) is 0 Å². The van der Waals surface area contributed by atoms with Crippen LogP contribution in [0.25, 0.3) is 33.1 Å². The van der Waals surface area contributed by atoms with Crippen LogP contribution in [0.5, 0.6) is 0 Å². The fraction of sp³-hybridized carbons (Fsp3) is 0.261. The number of fused-ring (bicyclic) bond motifs is 1. The van der Waals surface area contributed by atoms with Crippen LogP contribution in [-0.2, 0) is 16.1 Å². The van der Waals surface area contributed by atoms with Crippen LogP contribution in [-0.4, -0.2) is 39.3 Å². The van der Waals surface area contributed by atoms with E-state index in [1.807, 2.05) is 35.8 Å². The highest BCUT2D eigenvalue weighted by Gasteiger charge is 2.22. The lowest BCUT2D eigenvalue weighted by Gasteiger charge is -2.09. The molecule has 0 fully saturated rings. The summed E-state index contributed by atoms with van der Waals surface area (Å²) in [5.41, 5.74) is 9.86. The second-order valence-electron chi connectivity index (χ2n) is 6.67. The van der Waals surface area contributed by atoms with Gasteiger partial charge in [0.1, 0.15) is 17.8 Å². The van der Waals surface area contributed by atoms with Crippen LogP contribution in [0.1, 0.15) is 24.6 Å². The molecule has 3 N–H and O–H groups in total. The summed E-state index contributed by atoms with van der Waals surface area (Å²) in [5.74, 6) is -0.432. The van der Waals surface area contributed by atoms with Crippen LogP contribution in [0.2, 0.25) is 0 Å². The third-order valence-electron chi connectivity index (χ3n) is 4.58. The van der Waals surface area contributed by atoms with E-state index < -0.39 is 5.97 Å². The summed E-state index contributed by atoms with van der Waals surface area (Å²) in [7, 11) is 1.23. The predicted molar refractivity (Wildman–Crippen MR) is 122 cm³/mol. The number of hydrogen-bond donors (Lipinski definition) is 2. The fourth-order valence-corrected chi connectivity index (χ4v) is 3.20. The van der Waals surface area contributed by atoms with Crippen LogP contribution in [0.15, 0.2) is 36.3 Å². The minimum absolute atomic E-state index is 0.0179. The highest BCUT2D eigenvalue weighted by molar-refractivity contribution is 6.06. The van der Waals surface area contributed by atoms with Crippen molar-refractivity contribution >= 4 is 28.9 Å². The average Bonchev–Trinajstić information content (AvgIpc) is 3.10. The highest BCUT2D eigenvalue weighted by atomic mass is 16.5. The molecule has 0 bridgehead atoms. The number of carbonyl (C=O) groups excluding carboxylic acids is 1. The molecule has 9 nitrogen and oxygen atoms in total. The van der Waals surface area contributed by atoms with Gasteiger partial charge in [-0.1, -0.05) is 29.8 Å². The van der Waals surface area contributed by atoms with Crippen molar-refractivity contribution in [2.75, 3.05) is 19.5 Å². The van der Waals surface area contributed by atoms with Gasteiger partial charge in [0.25, 0.3) is 5.70 Å². The third kappa shape index (κ3) is 5.09. The summed E-state index contributed by atoms with van der Waals surface area (Å²) in [6, 6.07) is 9.57. The molecule has 1 aromatic carbocycles. The molecular formula is C23H24N6O3. The minimum atomic E-state index is -0.729. The second kappa shape index (κ2) is 11.3. The van der Waals surface area contributed by atoms with Gasteiger partial charge in [0.2, 0.25) is 0 Å². The third-order valence-corrected chi connectivity index (χ3v) is 4.58. The smallest absolute Gasteiger partial charge is 0.336 e. The fourth-order valence-electron chi connectivity index (χ4n) is 3.20. The number of aliphatic hydroxyl groups is 1. The van der Waals surface area contributed by atoms with Gasteiger partial charge >= 0.3 is 5.97 Å². The Bertz CT molecular complexity index is 1210. The number of ether oxygens (including phenoxy) is 1. The Morgan fingerprint density at radius 2 is 2.03 bits per heavy atom. The average molecular weight is 432 g/mol. The van der Waals surface area contributed by atoms with Gasteiger partial charge in [0, 0.05) is 31.3 Å². The maximum Gasteiger partial charge on any atom is 0.336 e. The summed E-state index contributed by atoms with van der Waals surface area (Å²) in [6.07, 6.45) is 3.32. The lowest BCUT2D eigenvalue weighted by molar-refractivity contribution is -0.135. The van der Waals surface area contributed by atoms with Crippen molar-refractivity contribution in [1.82, 2.24) is 14.5 Å². The molecule has 32 heavy (non-hydrogen) atoms. The maximum absolute atomic E-state index is 12.0. The standard InChI is InChI=1S/C21H21N5O3.C2H3N/c1-13-5-7-14(8-6-13)17-16(11-15(23-2)21(28)29-3)26(9-4-10-27)20-18(17)19(22)24-12-25-20;1-2-3/h5-8,11-12,27H,4,9-10H2,1,3H3,(H2,22,24,25);1H3/b15-11-;. The van der Waals surface area contributed by atoms with Crippen LogP contribution in [0.4, 0.5) is 5.82 Å². The number of methoxy groups -OCH3 is 1. The van der Waals surface area contributed by atoms with Gasteiger partial charge in [-0.05, 0) is 25.0 Å². The number of rotatable bonds is 6. The summed E-state index contributed by atoms with van der Waals surface area (Å²) >= 11 is 0. The first kappa shape index (κ1) is 24.1. The predicted octanol–water partition coefficient (Wildman–Crippen LogP) is 3.33. The minimum Gasteiger partial charge on any atom is -0.474 e. The second-order valence-corrected chi connectivity index (χ2v) is 6.67. The van der Waals surface area contributed by atoms with Crippen molar-refractivity contribution in [2.45, 2.75) is 26.8 Å². The molecule has 0 saturated heterocycles. The highest BCUT2D eigenvalue weighted by Crippen LogP contribution is 2.38. The van der Waals surface area contributed by atoms with E-state index in [9.17, 15) is 9.90 Å². The summed E-state index contributed by atoms with van der Waals surface area (Å²) < 4.78 is 6.57. The van der Waals surface area contributed by atoms with Crippen molar-refractivity contribution in [3.05, 3.63) is 59.0 Å². The zero-order valence-electron chi connectivity index (χ0n) is 18.2. The number of nitriles is 1. The number of nitrogens with zero attached hydrogens (tertiary/aromatic N) is 5. The number of esters is 1. The quantitative estimate of drug-likeness (QED) is 0.347. The molecule has 2 aromatic heterocycles. The number of benzene rings is 1. The van der Waals surface area contributed by atoms with E-state index in [-0.39, 0.29) is 12.3 Å². The maximum atomic E-state index is 12.0. The van der Waals surface area contributed by atoms with Crippen molar-refractivity contribution in [2.24, 2.45) is 0 Å². The molecule has 2 heterocycles. The molecule has 3 rings (SSSR count). The van der Waals surface area contributed by atoms with E-state index in [0.29, 0.717) is 35.5 Å². The van der Waals surface area contributed by atoms with Gasteiger partial charge in [-0.15, -0.1) is 0 Å². The molecular weight excluding hydrogens is 408 g/mol. The molecule has 0 atom stereocenters. The molecule has 0 spiro atoms. The van der Waals surface area contributed by atoms with Gasteiger partial charge in [0.05, 0.1) is 25.1 Å². The van der Waals surface area contributed by atoms with E-state index in [0.717, 1.165) is 16.7 Å². The van der Waals surface area contributed by atoms with Crippen LogP contribution >= 0.6 is 0 Å². The number of carbonyl (C=O) groups is 1. The molecule has 3 aromatic rings. The number of aliphatic hydroxyl groups excluding tert-OH is 1. The Kier molecular flexibility index (Phi) is 8.46. The molecule has 0 aliphatic heterocycles. The van der Waals surface area contributed by atoms with Crippen LogP contribution < -0.4 is 5.73 Å². The lowest BCUT2D eigenvalue weighted by atomic mass is 10.0. The Morgan fingerprint density at radius 3 is 2.59 bits per heavy atom. The Hall–Kier alpha value is -4.21. The SMILES string of the molecule is CC#N.[C-]#[N+]/C(=C\c1c(-c2ccc(C)cc2)c2c(N)ncnc2n1CCCO)C(=O)OC. The largest absolute Gasteiger partial charge is 0.474 e. The normalized spacial score (nSPS) is 10.6. The van der Waals surface area contributed by atoms with Crippen molar-refractivity contribution in [1.29, 1.82) is 5.26 Å². The van der Waals surface area contributed by atoms with Gasteiger partial charge in [-0.25, -0.2) is 14.8 Å². The molecule has 164 valence electrons. The first-order valence-electron chi connectivity index (χ1n) is 9.72. The molecule has 0 aliphatic carbocycles. The van der Waals surface area contributed by atoms with Crippen LogP contribution in [0, 0.1) is 24.8 Å². The topological polar surface area (TPSA) is 131 Å². The molecule has 0 amide bonds. The van der Waals surface area contributed by atoms with Crippen molar-refractivity contribution < 1.29 is 14.6 Å². The molecule has 0 unspecified atom stereocenters. The Labute approximate surface area is 186 Å². The number of aromatic nitrogens is 3. The van der Waals surface area contributed by atoms with E-state index in [2.05, 4.69) is 14.8 Å². The zero-order valence-corrected chi connectivity index (χ0v) is 18.2. The van der Waals surface area contributed by atoms with Crippen LogP contribution in [0.3, 0.4) is 0 Å². The number of nitrogens with two attached hydrogens (primary N) is 1. The van der Waals surface area contributed by atoms with Gasteiger partial charge < -0.3 is 20.1 Å². The first-order chi connectivity index (χ1) is 15.4. The van der Waals surface area contributed by atoms with Crippen molar-refractivity contribution in [3.8, 4) is 17.2 Å². The van der Waals surface area contributed by atoms with E-state index in [1.165, 1.54) is 26.4 Å². The first-order valence-corrected chi connectivity index (χ1v) is 9.72.